The van der Waals surface area contributed by atoms with Crippen LogP contribution in [0.1, 0.15) is 6.92 Å². The molecule has 1 atom stereocenters. The number of hydrogen-bond donors (Lipinski definition) is 1. The molecule has 0 bridgehead atoms. The van der Waals surface area contributed by atoms with Crippen molar-refractivity contribution in [3.8, 4) is 5.75 Å². The van der Waals surface area contributed by atoms with Crippen molar-refractivity contribution in [1.29, 1.82) is 0 Å². The van der Waals surface area contributed by atoms with Crippen LogP contribution in [0.2, 0.25) is 5.02 Å². The molecule has 0 aliphatic heterocycles. The number of benzene rings is 1. The maximum Gasteiger partial charge on any atom is 0.119 e. The Hall–Kier alpha value is -0.730. The number of rotatable bonds is 3. The van der Waals surface area contributed by atoms with Crippen LogP contribution in [0.25, 0.3) is 0 Å². The standard InChI is InChI=1S/C9H12ClNO/c1-7(11)6-12-9-4-2-8(10)3-5-9/h2-5,7H,6,11H2,1H3. The minimum Gasteiger partial charge on any atom is -0.492 e. The zero-order valence-corrected chi connectivity index (χ0v) is 7.71. The maximum absolute atomic E-state index is 5.69. The first kappa shape index (κ1) is 9.36. The third-order valence-electron chi connectivity index (χ3n) is 1.33. The minimum atomic E-state index is 0.0562. The summed E-state index contributed by atoms with van der Waals surface area (Å²) in [6, 6.07) is 7.28. The molecule has 12 heavy (non-hydrogen) atoms. The zero-order chi connectivity index (χ0) is 8.97. The van der Waals surface area contributed by atoms with Gasteiger partial charge in [0.1, 0.15) is 12.4 Å². The molecule has 0 radical (unpaired) electrons. The van der Waals surface area contributed by atoms with Crippen LogP contribution in [0.15, 0.2) is 24.3 Å². The Morgan fingerprint density at radius 2 is 2.00 bits per heavy atom. The molecule has 0 saturated carbocycles. The van der Waals surface area contributed by atoms with E-state index in [9.17, 15) is 0 Å². The highest BCUT2D eigenvalue weighted by atomic mass is 35.5. The van der Waals surface area contributed by atoms with Crippen molar-refractivity contribution in [1.82, 2.24) is 0 Å². The smallest absolute Gasteiger partial charge is 0.119 e. The molecular weight excluding hydrogens is 174 g/mol. The average Bonchev–Trinajstić information content (AvgIpc) is 2.03. The van der Waals surface area contributed by atoms with Crippen molar-refractivity contribution >= 4 is 11.6 Å². The lowest BCUT2D eigenvalue weighted by Gasteiger charge is -2.07. The normalized spacial score (nSPS) is 12.6. The molecule has 0 fully saturated rings. The Morgan fingerprint density at radius 1 is 1.42 bits per heavy atom. The molecule has 1 aromatic rings. The van der Waals surface area contributed by atoms with Crippen LogP contribution < -0.4 is 10.5 Å². The quantitative estimate of drug-likeness (QED) is 0.783. The van der Waals surface area contributed by atoms with Crippen molar-refractivity contribution < 1.29 is 4.74 Å². The van der Waals surface area contributed by atoms with Crippen LogP contribution in [0.5, 0.6) is 5.75 Å². The summed E-state index contributed by atoms with van der Waals surface area (Å²) in [5, 5.41) is 0.711. The van der Waals surface area contributed by atoms with Gasteiger partial charge in [-0.15, -0.1) is 0 Å². The lowest BCUT2D eigenvalue weighted by Crippen LogP contribution is -2.23. The molecule has 0 saturated heterocycles. The van der Waals surface area contributed by atoms with E-state index >= 15 is 0 Å². The van der Waals surface area contributed by atoms with Crippen LogP contribution in [0, 0.1) is 0 Å². The van der Waals surface area contributed by atoms with Gasteiger partial charge in [0, 0.05) is 11.1 Å². The van der Waals surface area contributed by atoms with Crippen LogP contribution in [-0.4, -0.2) is 12.6 Å². The topological polar surface area (TPSA) is 35.2 Å². The highest BCUT2D eigenvalue weighted by Gasteiger charge is 1.96. The van der Waals surface area contributed by atoms with Crippen LogP contribution >= 0.6 is 11.6 Å². The lowest BCUT2D eigenvalue weighted by molar-refractivity contribution is 0.296. The average molecular weight is 186 g/mol. The molecule has 66 valence electrons. The second-order valence-corrected chi connectivity index (χ2v) is 3.18. The van der Waals surface area contributed by atoms with Crippen LogP contribution in [0.3, 0.4) is 0 Å². The van der Waals surface area contributed by atoms with Crippen LogP contribution in [0.4, 0.5) is 0 Å². The van der Waals surface area contributed by atoms with Crippen molar-refractivity contribution in [3.05, 3.63) is 29.3 Å². The second-order valence-electron chi connectivity index (χ2n) is 2.74. The predicted octanol–water partition coefficient (Wildman–Crippen LogP) is 2.07. The van der Waals surface area contributed by atoms with Gasteiger partial charge in [0.25, 0.3) is 0 Å². The first-order valence-corrected chi connectivity index (χ1v) is 4.20. The van der Waals surface area contributed by atoms with E-state index in [0.717, 1.165) is 5.75 Å². The molecule has 0 amide bonds. The Morgan fingerprint density at radius 3 is 2.50 bits per heavy atom. The molecule has 0 aromatic heterocycles. The number of ether oxygens (including phenoxy) is 1. The van der Waals surface area contributed by atoms with Gasteiger partial charge >= 0.3 is 0 Å². The summed E-state index contributed by atoms with van der Waals surface area (Å²) in [5.74, 6) is 0.803. The largest absolute Gasteiger partial charge is 0.492 e. The van der Waals surface area contributed by atoms with Crippen molar-refractivity contribution in [2.45, 2.75) is 13.0 Å². The summed E-state index contributed by atoms with van der Waals surface area (Å²) in [4.78, 5) is 0. The number of nitrogens with two attached hydrogens (primary N) is 1. The van der Waals surface area contributed by atoms with E-state index in [1.54, 1.807) is 12.1 Å². The number of halogens is 1. The van der Waals surface area contributed by atoms with E-state index < -0.39 is 0 Å². The summed E-state index contributed by atoms with van der Waals surface area (Å²) in [5.41, 5.74) is 5.52. The third-order valence-corrected chi connectivity index (χ3v) is 1.58. The van der Waals surface area contributed by atoms with Gasteiger partial charge in [-0.05, 0) is 31.2 Å². The van der Waals surface area contributed by atoms with Gasteiger partial charge in [-0.25, -0.2) is 0 Å². The summed E-state index contributed by atoms with van der Waals surface area (Å²) in [6.07, 6.45) is 0. The van der Waals surface area contributed by atoms with Gasteiger partial charge in [0.2, 0.25) is 0 Å². The summed E-state index contributed by atoms with van der Waals surface area (Å²) >= 11 is 5.69. The Bertz CT molecular complexity index is 233. The fourth-order valence-electron chi connectivity index (χ4n) is 0.758. The van der Waals surface area contributed by atoms with Gasteiger partial charge in [-0.2, -0.15) is 0 Å². The molecule has 1 rings (SSSR count). The predicted molar refractivity (Wildman–Crippen MR) is 50.6 cm³/mol. The molecule has 2 N–H and O–H groups in total. The van der Waals surface area contributed by atoms with E-state index in [0.29, 0.717) is 11.6 Å². The molecule has 2 nitrogen and oxygen atoms in total. The summed E-state index contributed by atoms with van der Waals surface area (Å²) in [6.45, 7) is 2.43. The first-order chi connectivity index (χ1) is 5.68. The van der Waals surface area contributed by atoms with Gasteiger partial charge in [-0.1, -0.05) is 11.6 Å². The molecule has 0 aliphatic rings. The minimum absolute atomic E-state index is 0.0562. The van der Waals surface area contributed by atoms with E-state index in [2.05, 4.69) is 0 Å². The highest BCUT2D eigenvalue weighted by Crippen LogP contribution is 2.15. The van der Waals surface area contributed by atoms with E-state index in [1.807, 2.05) is 19.1 Å². The fraction of sp³-hybridized carbons (Fsp3) is 0.333. The molecule has 1 unspecified atom stereocenters. The maximum atomic E-state index is 5.69. The molecule has 3 heteroatoms. The zero-order valence-electron chi connectivity index (χ0n) is 6.96. The Labute approximate surface area is 77.3 Å². The third kappa shape index (κ3) is 3.11. The van der Waals surface area contributed by atoms with Gasteiger partial charge in [0.05, 0.1) is 0 Å². The summed E-state index contributed by atoms with van der Waals surface area (Å²) in [7, 11) is 0. The Balaban J connectivity index is 2.48. The summed E-state index contributed by atoms with van der Waals surface area (Å²) < 4.78 is 5.34. The van der Waals surface area contributed by atoms with E-state index in [1.165, 1.54) is 0 Å². The molecule has 0 heterocycles. The van der Waals surface area contributed by atoms with Gasteiger partial charge in [-0.3, -0.25) is 0 Å². The monoisotopic (exact) mass is 185 g/mol. The number of hydrogen-bond acceptors (Lipinski definition) is 2. The van der Waals surface area contributed by atoms with E-state index in [4.69, 9.17) is 22.1 Å². The van der Waals surface area contributed by atoms with Gasteiger partial charge < -0.3 is 10.5 Å². The van der Waals surface area contributed by atoms with E-state index in [-0.39, 0.29) is 6.04 Å². The first-order valence-electron chi connectivity index (χ1n) is 3.82. The SMILES string of the molecule is CC(N)COc1ccc(Cl)cc1. The van der Waals surface area contributed by atoms with Crippen molar-refractivity contribution in [3.63, 3.8) is 0 Å². The highest BCUT2D eigenvalue weighted by molar-refractivity contribution is 6.30. The molecule has 0 aliphatic carbocycles. The lowest BCUT2D eigenvalue weighted by atomic mass is 10.3. The molecular formula is C9H12ClNO. The van der Waals surface area contributed by atoms with Crippen LogP contribution in [-0.2, 0) is 0 Å². The molecule has 1 aromatic carbocycles. The second kappa shape index (κ2) is 4.33. The van der Waals surface area contributed by atoms with Crippen molar-refractivity contribution in [2.24, 2.45) is 5.73 Å². The Kier molecular flexibility index (Phi) is 3.38. The fourth-order valence-corrected chi connectivity index (χ4v) is 0.884. The van der Waals surface area contributed by atoms with Gasteiger partial charge in [0.15, 0.2) is 0 Å². The molecule has 0 spiro atoms. The van der Waals surface area contributed by atoms with Crippen molar-refractivity contribution in [2.75, 3.05) is 6.61 Å².